The van der Waals surface area contributed by atoms with E-state index in [-0.39, 0.29) is 23.5 Å². The van der Waals surface area contributed by atoms with Gasteiger partial charge in [0.25, 0.3) is 0 Å². The number of pyridine rings is 1. The van der Waals surface area contributed by atoms with E-state index in [2.05, 4.69) is 4.98 Å². The third kappa shape index (κ3) is 5.44. The standard InChI is InChI=1S/C14H22N2O4/c1-5-18-13(17)10-8-12(16-9-11(10)15)19-6-7-20-14(2,3)4/h8-9H,5-7,15H2,1-4H3. The van der Waals surface area contributed by atoms with E-state index >= 15 is 0 Å². The van der Waals surface area contributed by atoms with E-state index in [9.17, 15) is 4.79 Å². The summed E-state index contributed by atoms with van der Waals surface area (Å²) < 4.78 is 15.9. The van der Waals surface area contributed by atoms with Crippen molar-refractivity contribution in [3.05, 3.63) is 17.8 Å². The summed E-state index contributed by atoms with van der Waals surface area (Å²) in [7, 11) is 0. The van der Waals surface area contributed by atoms with Crippen LogP contribution in [-0.2, 0) is 9.47 Å². The van der Waals surface area contributed by atoms with Gasteiger partial charge in [-0.3, -0.25) is 0 Å². The zero-order valence-electron chi connectivity index (χ0n) is 12.4. The van der Waals surface area contributed by atoms with Crippen molar-refractivity contribution in [2.75, 3.05) is 25.6 Å². The Morgan fingerprint density at radius 3 is 2.65 bits per heavy atom. The molecule has 1 aromatic heterocycles. The van der Waals surface area contributed by atoms with Crippen molar-refractivity contribution in [1.29, 1.82) is 0 Å². The van der Waals surface area contributed by atoms with Gasteiger partial charge in [0.15, 0.2) is 0 Å². The number of nitrogen functional groups attached to an aromatic ring is 1. The van der Waals surface area contributed by atoms with E-state index in [0.29, 0.717) is 19.1 Å². The summed E-state index contributed by atoms with van der Waals surface area (Å²) in [6.07, 6.45) is 1.38. The molecule has 20 heavy (non-hydrogen) atoms. The molecule has 0 aliphatic heterocycles. The zero-order chi connectivity index (χ0) is 15.2. The van der Waals surface area contributed by atoms with Crippen LogP contribution in [0.2, 0.25) is 0 Å². The molecule has 1 aromatic rings. The molecule has 0 amide bonds. The van der Waals surface area contributed by atoms with Gasteiger partial charge in [0, 0.05) is 6.07 Å². The molecule has 112 valence electrons. The van der Waals surface area contributed by atoms with Gasteiger partial charge in [0.1, 0.15) is 6.61 Å². The Labute approximate surface area is 119 Å². The van der Waals surface area contributed by atoms with Gasteiger partial charge >= 0.3 is 5.97 Å². The summed E-state index contributed by atoms with van der Waals surface area (Å²) in [4.78, 5) is 15.7. The highest BCUT2D eigenvalue weighted by atomic mass is 16.5. The first-order valence-corrected chi connectivity index (χ1v) is 6.53. The Balaban J connectivity index is 2.59. The lowest BCUT2D eigenvalue weighted by molar-refractivity contribution is -0.0168. The van der Waals surface area contributed by atoms with Crippen molar-refractivity contribution in [2.45, 2.75) is 33.3 Å². The van der Waals surface area contributed by atoms with Crippen LogP contribution in [0.4, 0.5) is 5.69 Å². The molecule has 1 rings (SSSR count). The number of esters is 1. The molecule has 0 atom stereocenters. The fraction of sp³-hybridized carbons (Fsp3) is 0.571. The first-order valence-electron chi connectivity index (χ1n) is 6.53. The number of rotatable bonds is 6. The molecule has 0 bridgehead atoms. The van der Waals surface area contributed by atoms with Gasteiger partial charge in [-0.25, -0.2) is 9.78 Å². The molecule has 6 heteroatoms. The molecule has 0 aliphatic rings. The Hall–Kier alpha value is -1.82. The van der Waals surface area contributed by atoms with Gasteiger partial charge < -0.3 is 19.9 Å². The molecule has 2 N–H and O–H groups in total. The minimum absolute atomic E-state index is 0.214. The molecule has 0 aromatic carbocycles. The van der Waals surface area contributed by atoms with Crippen molar-refractivity contribution >= 4 is 11.7 Å². The first-order chi connectivity index (χ1) is 9.33. The predicted molar refractivity (Wildman–Crippen MR) is 75.8 cm³/mol. The summed E-state index contributed by atoms with van der Waals surface area (Å²) in [6.45, 7) is 8.70. The van der Waals surface area contributed by atoms with Crippen molar-refractivity contribution in [3.63, 3.8) is 0 Å². The maximum absolute atomic E-state index is 11.7. The van der Waals surface area contributed by atoms with E-state index in [1.54, 1.807) is 6.92 Å². The number of ether oxygens (including phenoxy) is 3. The minimum atomic E-state index is -0.483. The molecule has 0 saturated heterocycles. The summed E-state index contributed by atoms with van der Waals surface area (Å²) in [5.74, 6) is -0.164. The average Bonchev–Trinajstić information content (AvgIpc) is 2.35. The number of anilines is 1. The maximum Gasteiger partial charge on any atom is 0.340 e. The van der Waals surface area contributed by atoms with Crippen LogP contribution < -0.4 is 10.5 Å². The van der Waals surface area contributed by atoms with E-state index in [1.807, 2.05) is 20.8 Å². The number of carbonyl (C=O) groups is 1. The zero-order valence-corrected chi connectivity index (χ0v) is 12.4. The van der Waals surface area contributed by atoms with Crippen LogP contribution in [0.15, 0.2) is 12.3 Å². The Morgan fingerprint density at radius 1 is 1.35 bits per heavy atom. The number of hydrogen-bond acceptors (Lipinski definition) is 6. The highest BCUT2D eigenvalue weighted by Crippen LogP contribution is 2.17. The quantitative estimate of drug-likeness (QED) is 0.635. The summed E-state index contributed by atoms with van der Waals surface area (Å²) in [5, 5.41) is 0. The molecule has 0 saturated carbocycles. The molecule has 1 heterocycles. The van der Waals surface area contributed by atoms with Crippen molar-refractivity contribution in [3.8, 4) is 5.88 Å². The minimum Gasteiger partial charge on any atom is -0.475 e. The molecule has 0 aliphatic carbocycles. The second kappa shape index (κ2) is 7.09. The van der Waals surface area contributed by atoms with E-state index in [1.165, 1.54) is 12.3 Å². The molecule has 0 spiro atoms. The Morgan fingerprint density at radius 2 is 2.05 bits per heavy atom. The second-order valence-electron chi connectivity index (χ2n) is 5.14. The fourth-order valence-corrected chi connectivity index (χ4v) is 1.41. The van der Waals surface area contributed by atoms with Gasteiger partial charge in [0.2, 0.25) is 5.88 Å². The van der Waals surface area contributed by atoms with Crippen LogP contribution >= 0.6 is 0 Å². The molecular formula is C14H22N2O4. The lowest BCUT2D eigenvalue weighted by Crippen LogP contribution is -2.22. The summed E-state index contributed by atoms with van der Waals surface area (Å²) in [5.41, 5.74) is 6.00. The fourth-order valence-electron chi connectivity index (χ4n) is 1.41. The number of aromatic nitrogens is 1. The average molecular weight is 282 g/mol. The monoisotopic (exact) mass is 282 g/mol. The second-order valence-corrected chi connectivity index (χ2v) is 5.14. The Kier molecular flexibility index (Phi) is 5.76. The van der Waals surface area contributed by atoms with Crippen LogP contribution in [0.25, 0.3) is 0 Å². The van der Waals surface area contributed by atoms with Crippen LogP contribution in [0.1, 0.15) is 38.1 Å². The summed E-state index contributed by atoms with van der Waals surface area (Å²) >= 11 is 0. The lowest BCUT2D eigenvalue weighted by atomic mass is 10.2. The highest BCUT2D eigenvalue weighted by Gasteiger charge is 2.13. The molecule has 0 unspecified atom stereocenters. The Bertz CT molecular complexity index is 455. The topological polar surface area (TPSA) is 83.7 Å². The number of nitrogens with two attached hydrogens (primary N) is 1. The van der Waals surface area contributed by atoms with E-state index in [4.69, 9.17) is 19.9 Å². The van der Waals surface area contributed by atoms with Gasteiger partial charge in [0.05, 0.1) is 36.3 Å². The largest absolute Gasteiger partial charge is 0.475 e. The highest BCUT2D eigenvalue weighted by molar-refractivity contribution is 5.95. The van der Waals surface area contributed by atoms with Crippen LogP contribution in [0.5, 0.6) is 5.88 Å². The van der Waals surface area contributed by atoms with Gasteiger partial charge in [-0.05, 0) is 27.7 Å². The van der Waals surface area contributed by atoms with Gasteiger partial charge in [-0.2, -0.15) is 0 Å². The van der Waals surface area contributed by atoms with Gasteiger partial charge in [-0.15, -0.1) is 0 Å². The molecule has 0 radical (unpaired) electrons. The number of carbonyl (C=O) groups excluding carboxylic acids is 1. The lowest BCUT2D eigenvalue weighted by Gasteiger charge is -2.19. The normalized spacial score (nSPS) is 11.2. The van der Waals surface area contributed by atoms with Crippen LogP contribution in [0.3, 0.4) is 0 Å². The number of hydrogen-bond donors (Lipinski definition) is 1. The van der Waals surface area contributed by atoms with Crippen LogP contribution in [-0.4, -0.2) is 36.4 Å². The first kappa shape index (κ1) is 16.2. The van der Waals surface area contributed by atoms with E-state index < -0.39 is 5.97 Å². The number of nitrogens with zero attached hydrogens (tertiary/aromatic N) is 1. The molecule has 6 nitrogen and oxygen atoms in total. The predicted octanol–water partition coefficient (Wildman–Crippen LogP) is 2.03. The van der Waals surface area contributed by atoms with Crippen LogP contribution in [0, 0.1) is 0 Å². The van der Waals surface area contributed by atoms with Crippen molar-refractivity contribution in [2.24, 2.45) is 0 Å². The SMILES string of the molecule is CCOC(=O)c1cc(OCCOC(C)(C)C)ncc1N. The smallest absolute Gasteiger partial charge is 0.340 e. The third-order valence-corrected chi connectivity index (χ3v) is 2.27. The summed E-state index contributed by atoms with van der Waals surface area (Å²) in [6, 6.07) is 1.48. The maximum atomic E-state index is 11.7. The van der Waals surface area contributed by atoms with E-state index in [0.717, 1.165) is 0 Å². The molecule has 0 fully saturated rings. The van der Waals surface area contributed by atoms with Crippen molar-refractivity contribution in [1.82, 2.24) is 4.98 Å². The van der Waals surface area contributed by atoms with Gasteiger partial charge in [-0.1, -0.05) is 0 Å². The third-order valence-electron chi connectivity index (χ3n) is 2.27. The van der Waals surface area contributed by atoms with Crippen molar-refractivity contribution < 1.29 is 19.0 Å². The molecular weight excluding hydrogens is 260 g/mol.